The molecule has 2 aromatic rings. The van der Waals surface area contributed by atoms with Crippen molar-refractivity contribution in [3.05, 3.63) is 46.5 Å². The van der Waals surface area contributed by atoms with Gasteiger partial charge in [0.05, 0.1) is 19.3 Å². The van der Waals surface area contributed by atoms with E-state index in [9.17, 15) is 14.7 Å². The summed E-state index contributed by atoms with van der Waals surface area (Å²) in [5.41, 5.74) is 0.454. The van der Waals surface area contributed by atoms with Crippen LogP contribution in [0, 0.1) is 6.92 Å². The Kier molecular flexibility index (Phi) is 5.36. The van der Waals surface area contributed by atoms with Crippen molar-refractivity contribution >= 4 is 28.3 Å². The maximum absolute atomic E-state index is 12.3. The lowest BCUT2D eigenvalue weighted by Crippen LogP contribution is -2.35. The summed E-state index contributed by atoms with van der Waals surface area (Å²) in [6, 6.07) is 9.50. The van der Waals surface area contributed by atoms with E-state index in [-0.39, 0.29) is 12.5 Å². The van der Waals surface area contributed by atoms with E-state index in [0.717, 1.165) is 16.9 Å². The SMILES string of the molecule is COC(=O)c1sc(NC(=O)CN2CCC(O)(c3ccccc3)C2)nc1C. The van der Waals surface area contributed by atoms with E-state index in [1.165, 1.54) is 7.11 Å². The third-order valence-corrected chi connectivity index (χ3v) is 5.47. The summed E-state index contributed by atoms with van der Waals surface area (Å²) in [5, 5.41) is 13.9. The summed E-state index contributed by atoms with van der Waals surface area (Å²) in [6.07, 6.45) is 0.577. The van der Waals surface area contributed by atoms with Crippen LogP contribution in [0.15, 0.2) is 30.3 Å². The fraction of sp³-hybridized carbons (Fsp3) is 0.389. The van der Waals surface area contributed by atoms with Crippen LogP contribution in [0.25, 0.3) is 0 Å². The number of nitrogens with one attached hydrogen (secondary N) is 1. The number of esters is 1. The van der Waals surface area contributed by atoms with Gasteiger partial charge in [-0.1, -0.05) is 41.7 Å². The number of aromatic nitrogens is 1. The summed E-state index contributed by atoms with van der Waals surface area (Å²) in [7, 11) is 1.31. The quantitative estimate of drug-likeness (QED) is 0.774. The number of ether oxygens (including phenoxy) is 1. The minimum Gasteiger partial charge on any atom is -0.465 e. The zero-order chi connectivity index (χ0) is 18.7. The largest absolute Gasteiger partial charge is 0.465 e. The molecule has 0 saturated carbocycles. The Morgan fingerprint density at radius 2 is 2.12 bits per heavy atom. The predicted molar refractivity (Wildman–Crippen MR) is 98.2 cm³/mol. The van der Waals surface area contributed by atoms with E-state index >= 15 is 0 Å². The molecule has 0 spiro atoms. The lowest BCUT2D eigenvalue weighted by Gasteiger charge is -2.23. The third kappa shape index (κ3) is 3.92. The van der Waals surface area contributed by atoms with Crippen molar-refractivity contribution in [1.29, 1.82) is 0 Å². The van der Waals surface area contributed by atoms with Crippen LogP contribution in [0.2, 0.25) is 0 Å². The molecular weight excluding hydrogens is 354 g/mol. The molecular formula is C18H21N3O4S. The smallest absolute Gasteiger partial charge is 0.350 e. The normalized spacial score (nSPS) is 20.1. The second-order valence-electron chi connectivity index (χ2n) is 6.33. The highest BCUT2D eigenvalue weighted by molar-refractivity contribution is 7.17. The van der Waals surface area contributed by atoms with Gasteiger partial charge in [-0.25, -0.2) is 9.78 Å². The van der Waals surface area contributed by atoms with E-state index < -0.39 is 11.6 Å². The molecule has 1 aromatic heterocycles. The second-order valence-corrected chi connectivity index (χ2v) is 7.33. The van der Waals surface area contributed by atoms with Gasteiger partial charge in [0.25, 0.3) is 0 Å². The molecule has 0 bridgehead atoms. The summed E-state index contributed by atoms with van der Waals surface area (Å²) in [6.45, 7) is 2.87. The Labute approximate surface area is 155 Å². The van der Waals surface area contributed by atoms with Gasteiger partial charge in [-0.05, 0) is 18.9 Å². The molecule has 1 aromatic carbocycles. The number of hydrogen-bond acceptors (Lipinski definition) is 7. The van der Waals surface area contributed by atoms with Crippen LogP contribution >= 0.6 is 11.3 Å². The van der Waals surface area contributed by atoms with Crippen molar-refractivity contribution in [2.24, 2.45) is 0 Å². The van der Waals surface area contributed by atoms with Crippen LogP contribution in [0.1, 0.15) is 27.3 Å². The van der Waals surface area contributed by atoms with Crippen LogP contribution in [0.4, 0.5) is 5.13 Å². The number of anilines is 1. The second kappa shape index (κ2) is 7.53. The maximum Gasteiger partial charge on any atom is 0.350 e. The van der Waals surface area contributed by atoms with Gasteiger partial charge in [-0.3, -0.25) is 9.69 Å². The zero-order valence-electron chi connectivity index (χ0n) is 14.7. The number of aliphatic hydroxyl groups is 1. The maximum atomic E-state index is 12.3. The van der Waals surface area contributed by atoms with Gasteiger partial charge in [0.1, 0.15) is 10.5 Å². The fourth-order valence-corrected chi connectivity index (χ4v) is 3.98. The Bertz CT molecular complexity index is 808. The number of carbonyl (C=O) groups is 2. The van der Waals surface area contributed by atoms with Crippen LogP contribution in [-0.4, -0.2) is 53.6 Å². The average Bonchev–Trinajstić information content (AvgIpc) is 3.18. The molecule has 2 N–H and O–H groups in total. The van der Waals surface area contributed by atoms with E-state index in [2.05, 4.69) is 10.3 Å². The Hall–Kier alpha value is -2.29. The standard InChI is InChI=1S/C18H21N3O4S/c1-12-15(16(23)25-2)26-17(19-12)20-14(22)10-21-9-8-18(24,11-21)13-6-4-3-5-7-13/h3-7,24H,8-11H2,1-2H3,(H,19,20,22). The highest BCUT2D eigenvalue weighted by Crippen LogP contribution is 2.31. The number of thiazole rings is 1. The minimum atomic E-state index is -0.933. The van der Waals surface area contributed by atoms with Gasteiger partial charge in [0.2, 0.25) is 5.91 Å². The van der Waals surface area contributed by atoms with E-state index in [0.29, 0.717) is 35.2 Å². The summed E-state index contributed by atoms with van der Waals surface area (Å²) >= 11 is 1.09. The first kappa shape index (κ1) is 18.5. The molecule has 3 rings (SSSR count). The fourth-order valence-electron chi connectivity index (χ4n) is 3.08. The van der Waals surface area contributed by atoms with Crippen molar-refractivity contribution in [2.75, 3.05) is 32.1 Å². The van der Waals surface area contributed by atoms with Crippen LogP contribution in [0.5, 0.6) is 0 Å². The molecule has 1 amide bonds. The zero-order valence-corrected chi connectivity index (χ0v) is 15.5. The predicted octanol–water partition coefficient (Wildman–Crippen LogP) is 1.77. The molecule has 1 unspecified atom stereocenters. The molecule has 8 heteroatoms. The molecule has 1 atom stereocenters. The Morgan fingerprint density at radius 3 is 2.81 bits per heavy atom. The van der Waals surface area contributed by atoms with Gasteiger partial charge in [-0.15, -0.1) is 0 Å². The van der Waals surface area contributed by atoms with Crippen molar-refractivity contribution < 1.29 is 19.4 Å². The molecule has 1 aliphatic rings. The van der Waals surface area contributed by atoms with Gasteiger partial charge >= 0.3 is 5.97 Å². The number of amides is 1. The number of methoxy groups -OCH3 is 1. The molecule has 1 aliphatic heterocycles. The number of benzene rings is 1. The van der Waals surface area contributed by atoms with E-state index in [1.54, 1.807) is 6.92 Å². The molecule has 0 aliphatic carbocycles. The van der Waals surface area contributed by atoms with Crippen molar-refractivity contribution in [2.45, 2.75) is 18.9 Å². The van der Waals surface area contributed by atoms with Crippen molar-refractivity contribution in [1.82, 2.24) is 9.88 Å². The molecule has 138 valence electrons. The Balaban J connectivity index is 1.59. The molecule has 1 fully saturated rings. The first-order valence-corrected chi connectivity index (χ1v) is 9.09. The molecule has 7 nitrogen and oxygen atoms in total. The lowest BCUT2D eigenvalue weighted by molar-refractivity contribution is -0.117. The number of nitrogens with zero attached hydrogens (tertiary/aromatic N) is 2. The topological polar surface area (TPSA) is 91.8 Å². The molecule has 26 heavy (non-hydrogen) atoms. The van der Waals surface area contributed by atoms with Crippen LogP contribution in [0.3, 0.4) is 0 Å². The monoisotopic (exact) mass is 375 g/mol. The van der Waals surface area contributed by atoms with Crippen molar-refractivity contribution in [3.8, 4) is 0 Å². The van der Waals surface area contributed by atoms with E-state index in [1.807, 2.05) is 35.2 Å². The highest BCUT2D eigenvalue weighted by Gasteiger charge is 2.38. The number of hydrogen-bond donors (Lipinski definition) is 2. The van der Waals surface area contributed by atoms with E-state index in [4.69, 9.17) is 4.74 Å². The molecule has 1 saturated heterocycles. The molecule has 2 heterocycles. The van der Waals surface area contributed by atoms with Gasteiger partial charge < -0.3 is 15.2 Å². The summed E-state index contributed by atoms with van der Waals surface area (Å²) in [5.74, 6) is -0.694. The average molecular weight is 375 g/mol. The van der Waals surface area contributed by atoms with Gasteiger partial charge in [0.15, 0.2) is 5.13 Å². The number of likely N-dealkylation sites (tertiary alicyclic amines) is 1. The number of carbonyl (C=O) groups excluding carboxylic acids is 2. The highest BCUT2D eigenvalue weighted by atomic mass is 32.1. The first-order chi connectivity index (χ1) is 12.4. The van der Waals surface area contributed by atoms with Gasteiger partial charge in [0, 0.05) is 13.1 Å². The number of β-amino-alcohol motifs (C(OH)–C–C–N with tert-alkyl or cyclic N) is 1. The minimum absolute atomic E-state index is 0.154. The lowest BCUT2D eigenvalue weighted by atomic mass is 9.93. The van der Waals surface area contributed by atoms with Gasteiger partial charge in [-0.2, -0.15) is 0 Å². The number of aryl methyl sites for hydroxylation is 1. The van der Waals surface area contributed by atoms with Crippen LogP contribution < -0.4 is 5.32 Å². The third-order valence-electron chi connectivity index (χ3n) is 4.42. The molecule has 0 radical (unpaired) electrons. The summed E-state index contributed by atoms with van der Waals surface area (Å²) in [4.78, 5) is 30.4. The van der Waals surface area contributed by atoms with Crippen LogP contribution in [-0.2, 0) is 15.1 Å². The first-order valence-electron chi connectivity index (χ1n) is 8.27. The number of rotatable bonds is 5. The summed E-state index contributed by atoms with van der Waals surface area (Å²) < 4.78 is 4.69. The Morgan fingerprint density at radius 1 is 1.38 bits per heavy atom. The van der Waals surface area contributed by atoms with Crippen molar-refractivity contribution in [3.63, 3.8) is 0 Å².